The first-order valence-electron chi connectivity index (χ1n) is 6.02. The summed E-state index contributed by atoms with van der Waals surface area (Å²) in [4.78, 5) is 0.324. The Kier molecular flexibility index (Phi) is 6.02. The van der Waals surface area contributed by atoms with Crippen molar-refractivity contribution < 1.29 is 13.2 Å². The number of rotatable bonds is 6. The lowest BCUT2D eigenvalue weighted by atomic mass is 10.1. The summed E-state index contributed by atoms with van der Waals surface area (Å²) in [6.45, 7) is 5.10. The molecule has 1 aromatic rings. The molecule has 1 nitrogen and oxygen atoms in total. The maximum Gasteiger partial charge on any atom is 0.417 e. The molecule has 1 N–H and O–H groups in total. The molecule has 0 saturated carbocycles. The van der Waals surface area contributed by atoms with Crippen molar-refractivity contribution in [2.24, 2.45) is 0 Å². The smallest absolute Gasteiger partial charge is 0.313 e. The highest BCUT2D eigenvalue weighted by Gasteiger charge is 2.33. The van der Waals surface area contributed by atoms with Crippen molar-refractivity contribution in [3.8, 4) is 0 Å². The minimum atomic E-state index is -4.28. The van der Waals surface area contributed by atoms with Gasteiger partial charge in [0.15, 0.2) is 0 Å². The summed E-state index contributed by atoms with van der Waals surface area (Å²) in [7, 11) is 0. The molecule has 0 atom stereocenters. The summed E-state index contributed by atoms with van der Waals surface area (Å²) in [5, 5.41) is 3.03. The molecule has 1 rings (SSSR count). The van der Waals surface area contributed by atoms with E-state index in [4.69, 9.17) is 0 Å². The average molecular weight is 277 g/mol. The molecule has 0 unspecified atom stereocenters. The highest BCUT2D eigenvalue weighted by atomic mass is 32.2. The van der Waals surface area contributed by atoms with E-state index in [1.54, 1.807) is 12.1 Å². The van der Waals surface area contributed by atoms with E-state index in [9.17, 15) is 13.2 Å². The SMILES string of the molecule is CCCSc1ccc(CNCC)cc1C(F)(F)F. The van der Waals surface area contributed by atoms with Gasteiger partial charge in [-0.15, -0.1) is 11.8 Å². The van der Waals surface area contributed by atoms with Gasteiger partial charge >= 0.3 is 6.18 Å². The molecule has 0 aliphatic heterocycles. The van der Waals surface area contributed by atoms with E-state index in [0.717, 1.165) is 13.0 Å². The molecule has 18 heavy (non-hydrogen) atoms. The van der Waals surface area contributed by atoms with Gasteiger partial charge in [-0.2, -0.15) is 13.2 Å². The van der Waals surface area contributed by atoms with Gasteiger partial charge in [0, 0.05) is 11.4 Å². The maximum absolute atomic E-state index is 12.9. The molecule has 0 aromatic heterocycles. The third-order valence-electron chi connectivity index (χ3n) is 2.39. The summed E-state index contributed by atoms with van der Waals surface area (Å²) < 4.78 is 38.8. The van der Waals surface area contributed by atoms with Gasteiger partial charge in [-0.25, -0.2) is 0 Å². The standard InChI is InChI=1S/C13H18F3NS/c1-3-7-18-12-6-5-10(9-17-4-2)8-11(12)13(14,15)16/h5-6,8,17H,3-4,7,9H2,1-2H3. The van der Waals surface area contributed by atoms with Crippen molar-refractivity contribution in [1.82, 2.24) is 5.32 Å². The predicted molar refractivity (Wildman–Crippen MR) is 69.8 cm³/mol. The Balaban J connectivity index is 2.97. The normalized spacial score (nSPS) is 11.8. The zero-order valence-electron chi connectivity index (χ0n) is 10.6. The molecular weight excluding hydrogens is 259 g/mol. The van der Waals surface area contributed by atoms with Crippen LogP contribution in [-0.4, -0.2) is 12.3 Å². The van der Waals surface area contributed by atoms with Crippen LogP contribution in [0.25, 0.3) is 0 Å². The Morgan fingerprint density at radius 1 is 1.22 bits per heavy atom. The molecule has 0 fully saturated rings. The van der Waals surface area contributed by atoms with Crippen molar-refractivity contribution in [2.45, 2.75) is 37.9 Å². The van der Waals surface area contributed by atoms with E-state index in [-0.39, 0.29) is 0 Å². The van der Waals surface area contributed by atoms with Crippen LogP contribution >= 0.6 is 11.8 Å². The number of halogens is 3. The third-order valence-corrected chi connectivity index (χ3v) is 3.67. The van der Waals surface area contributed by atoms with Gasteiger partial charge in [0.1, 0.15) is 0 Å². The first kappa shape index (κ1) is 15.4. The van der Waals surface area contributed by atoms with Crippen molar-refractivity contribution >= 4 is 11.8 Å². The molecule has 0 amide bonds. The second-order valence-corrected chi connectivity index (χ2v) is 5.09. The van der Waals surface area contributed by atoms with Crippen LogP contribution in [0.5, 0.6) is 0 Å². The lowest BCUT2D eigenvalue weighted by molar-refractivity contribution is -0.139. The topological polar surface area (TPSA) is 12.0 Å². The molecule has 0 heterocycles. The second kappa shape index (κ2) is 7.04. The molecule has 0 spiro atoms. The van der Waals surface area contributed by atoms with Crippen molar-refractivity contribution in [1.29, 1.82) is 0 Å². The molecule has 0 aliphatic carbocycles. The Bertz CT molecular complexity index is 377. The van der Waals surface area contributed by atoms with E-state index in [1.165, 1.54) is 17.8 Å². The van der Waals surface area contributed by atoms with Crippen LogP contribution in [0.2, 0.25) is 0 Å². The fourth-order valence-electron chi connectivity index (χ4n) is 1.52. The van der Waals surface area contributed by atoms with E-state index in [2.05, 4.69) is 5.32 Å². The minimum absolute atomic E-state index is 0.324. The number of alkyl halides is 3. The van der Waals surface area contributed by atoms with E-state index < -0.39 is 11.7 Å². The van der Waals surface area contributed by atoms with Crippen molar-refractivity contribution in [3.63, 3.8) is 0 Å². The quantitative estimate of drug-likeness (QED) is 0.777. The second-order valence-electron chi connectivity index (χ2n) is 3.96. The van der Waals surface area contributed by atoms with Crippen LogP contribution in [-0.2, 0) is 12.7 Å². The van der Waals surface area contributed by atoms with Crippen LogP contribution in [0.3, 0.4) is 0 Å². The Hall–Kier alpha value is -0.680. The third kappa shape index (κ3) is 4.53. The van der Waals surface area contributed by atoms with Crippen molar-refractivity contribution in [2.75, 3.05) is 12.3 Å². The number of benzene rings is 1. The van der Waals surface area contributed by atoms with E-state index in [0.29, 0.717) is 22.8 Å². The van der Waals surface area contributed by atoms with Gasteiger partial charge in [-0.3, -0.25) is 0 Å². The van der Waals surface area contributed by atoms with Gasteiger partial charge in [-0.05, 0) is 36.4 Å². The number of hydrogen-bond donors (Lipinski definition) is 1. The van der Waals surface area contributed by atoms with Gasteiger partial charge in [0.25, 0.3) is 0 Å². The monoisotopic (exact) mass is 277 g/mol. The van der Waals surface area contributed by atoms with Gasteiger partial charge in [0.2, 0.25) is 0 Å². The summed E-state index contributed by atoms with van der Waals surface area (Å²) in [5.74, 6) is 0.704. The molecular formula is C13H18F3NS. The molecule has 102 valence electrons. The van der Waals surface area contributed by atoms with Crippen LogP contribution in [0.1, 0.15) is 31.4 Å². The molecule has 0 aliphatic rings. The zero-order chi connectivity index (χ0) is 13.6. The van der Waals surface area contributed by atoms with Crippen molar-refractivity contribution in [3.05, 3.63) is 29.3 Å². The molecule has 0 bridgehead atoms. The van der Waals surface area contributed by atoms with Crippen LogP contribution < -0.4 is 5.32 Å². The number of hydrogen-bond acceptors (Lipinski definition) is 2. The molecule has 5 heteroatoms. The summed E-state index contributed by atoms with van der Waals surface area (Å²) in [6, 6.07) is 4.59. The first-order valence-corrected chi connectivity index (χ1v) is 7.01. The maximum atomic E-state index is 12.9. The van der Waals surface area contributed by atoms with Crippen LogP contribution in [0.4, 0.5) is 13.2 Å². The van der Waals surface area contributed by atoms with Crippen LogP contribution in [0.15, 0.2) is 23.1 Å². The fraction of sp³-hybridized carbons (Fsp3) is 0.538. The Labute approximate surface area is 110 Å². The van der Waals surface area contributed by atoms with Crippen LogP contribution in [0, 0.1) is 0 Å². The Morgan fingerprint density at radius 3 is 2.50 bits per heavy atom. The number of thioether (sulfide) groups is 1. The largest absolute Gasteiger partial charge is 0.417 e. The van der Waals surface area contributed by atoms with Gasteiger partial charge in [-0.1, -0.05) is 19.9 Å². The zero-order valence-corrected chi connectivity index (χ0v) is 11.4. The predicted octanol–water partition coefficient (Wildman–Crippen LogP) is 4.32. The Morgan fingerprint density at radius 2 is 1.94 bits per heavy atom. The summed E-state index contributed by atoms with van der Waals surface area (Å²) in [6.07, 6.45) is -3.42. The molecule has 0 radical (unpaired) electrons. The van der Waals surface area contributed by atoms with E-state index >= 15 is 0 Å². The number of nitrogens with one attached hydrogen (secondary N) is 1. The minimum Gasteiger partial charge on any atom is -0.313 e. The average Bonchev–Trinajstić information content (AvgIpc) is 2.33. The fourth-order valence-corrected chi connectivity index (χ4v) is 2.43. The van der Waals surface area contributed by atoms with Gasteiger partial charge < -0.3 is 5.32 Å². The first-order chi connectivity index (χ1) is 8.49. The highest BCUT2D eigenvalue weighted by Crippen LogP contribution is 2.37. The molecule has 1 aromatic carbocycles. The van der Waals surface area contributed by atoms with Gasteiger partial charge in [0.05, 0.1) is 5.56 Å². The summed E-state index contributed by atoms with van der Waals surface area (Å²) >= 11 is 1.27. The molecule has 0 saturated heterocycles. The lowest BCUT2D eigenvalue weighted by Gasteiger charge is -2.14. The lowest BCUT2D eigenvalue weighted by Crippen LogP contribution is -2.13. The van der Waals surface area contributed by atoms with E-state index in [1.807, 2.05) is 13.8 Å². The summed E-state index contributed by atoms with van der Waals surface area (Å²) in [5.41, 5.74) is 0.154. The highest BCUT2D eigenvalue weighted by molar-refractivity contribution is 7.99.